The zero-order chi connectivity index (χ0) is 25.4. The third-order valence-corrected chi connectivity index (χ3v) is 10.1. The molecule has 4 heterocycles. The van der Waals surface area contributed by atoms with Crippen LogP contribution in [0.4, 0.5) is 25.0 Å². The van der Waals surface area contributed by atoms with Gasteiger partial charge in [0.1, 0.15) is 0 Å². The summed E-state index contributed by atoms with van der Waals surface area (Å²) in [5.74, 6) is -2.50. The van der Waals surface area contributed by atoms with Crippen molar-refractivity contribution in [1.29, 1.82) is 0 Å². The van der Waals surface area contributed by atoms with Gasteiger partial charge in [0, 0.05) is 0 Å². The summed E-state index contributed by atoms with van der Waals surface area (Å²) in [6.07, 6.45) is 3.80. The van der Waals surface area contributed by atoms with E-state index < -0.39 is 44.5 Å². The topological polar surface area (TPSA) is 87.6 Å². The average molecular weight is 607 g/mol. The van der Waals surface area contributed by atoms with Gasteiger partial charge in [-0.3, -0.25) is 0 Å². The van der Waals surface area contributed by atoms with Crippen molar-refractivity contribution in [2.24, 2.45) is 0 Å². The molecule has 12 heteroatoms. The first-order chi connectivity index (χ1) is 17.5. The molecule has 2 aromatic rings. The van der Waals surface area contributed by atoms with Gasteiger partial charge in [-0.25, -0.2) is 0 Å². The van der Waals surface area contributed by atoms with Gasteiger partial charge in [-0.05, 0) is 0 Å². The molecule has 2 amide bonds. The number of aromatic nitrogens is 1. The third-order valence-electron chi connectivity index (χ3n) is 6.46. The van der Waals surface area contributed by atoms with Crippen LogP contribution in [0.3, 0.4) is 0 Å². The number of morpholine rings is 1. The van der Waals surface area contributed by atoms with E-state index in [1.54, 1.807) is 6.20 Å². The number of rotatable bonds is 7. The Kier molecular flexibility index (Phi) is 7.33. The number of ether oxygens (including phenoxy) is 3. The van der Waals surface area contributed by atoms with E-state index in [-0.39, 0.29) is 31.2 Å². The van der Waals surface area contributed by atoms with Crippen LogP contribution in [0.15, 0.2) is 15.9 Å². The fraction of sp³-hybridized carbons (Fsp3) is 0.417. The van der Waals surface area contributed by atoms with Crippen LogP contribution in [-0.4, -0.2) is 102 Å². The Bertz CT molecular complexity index is 1190. The number of amides is 2. The Morgan fingerprint density at radius 1 is 1.14 bits per heavy atom. The molecule has 3 aliphatic rings. The number of β-amino-alcohol motifs (C(OH)–C–C–N with tert-alkyl or cyclic N) is 1. The molecule has 0 spiro atoms. The Labute approximate surface area is 217 Å². The van der Waals surface area contributed by atoms with E-state index in [0.29, 0.717) is 11.3 Å². The number of hydrogen-bond acceptors (Lipinski definition) is 7. The third kappa shape index (κ3) is 4.42. The minimum atomic E-state index is -1.15. The molecule has 0 saturated carbocycles. The number of methoxy groups -OCH3 is 2. The monoisotopic (exact) mass is 608 g/mol. The Hall–Kier alpha value is -2.48. The quantitative estimate of drug-likeness (QED) is 0.476. The molecule has 0 bridgehead atoms. The molecule has 0 aliphatic carbocycles. The van der Waals surface area contributed by atoms with E-state index in [1.165, 1.54) is 22.7 Å². The fourth-order valence-corrected chi connectivity index (χ4v) is 8.39. The van der Waals surface area contributed by atoms with E-state index in [0.717, 1.165) is 53.1 Å². The number of urea groups is 1. The maximum atomic E-state index is 15.3. The first-order valence-electron chi connectivity index (χ1n) is 11.6. The number of hydrogen-bond donors (Lipinski definition) is 1. The normalized spacial score (nSPS) is 17.7. The number of aliphatic hydroxyl groups is 1. The van der Waals surface area contributed by atoms with Gasteiger partial charge < -0.3 is 0 Å². The van der Waals surface area contributed by atoms with Crippen molar-refractivity contribution < 1.29 is 32.9 Å². The van der Waals surface area contributed by atoms with Crippen molar-refractivity contribution in [3.05, 3.63) is 38.6 Å². The Balaban J connectivity index is 1.55. The van der Waals surface area contributed by atoms with E-state index in [1.807, 2.05) is 0 Å². The number of carbonyl (C=O) groups excluding carboxylic acids is 1. The van der Waals surface area contributed by atoms with Crippen LogP contribution in [0.25, 0.3) is 6.08 Å². The average Bonchev–Trinajstić information content (AvgIpc) is 3.29. The molecular formula is C24H26F2N4O5Sn. The molecule has 36 heavy (non-hydrogen) atoms. The van der Waals surface area contributed by atoms with Gasteiger partial charge in [-0.15, -0.1) is 0 Å². The molecule has 190 valence electrons. The van der Waals surface area contributed by atoms with Crippen molar-refractivity contribution in [3.63, 3.8) is 0 Å². The van der Waals surface area contributed by atoms with Crippen LogP contribution in [-0.2, 0) is 11.3 Å². The zero-order valence-corrected chi connectivity index (χ0v) is 22.9. The summed E-state index contributed by atoms with van der Waals surface area (Å²) >= 11 is -1.15. The molecule has 1 fully saturated rings. The molecule has 1 N–H and O–H groups in total. The molecule has 9 nitrogen and oxygen atoms in total. The van der Waals surface area contributed by atoms with Gasteiger partial charge in [-0.1, -0.05) is 0 Å². The maximum absolute atomic E-state index is 15.3. The number of carbonyl (C=O) groups is 1. The summed E-state index contributed by atoms with van der Waals surface area (Å²) in [7, 11) is 2.51. The molecule has 3 aliphatic heterocycles. The van der Waals surface area contributed by atoms with Gasteiger partial charge in [-0.2, -0.15) is 0 Å². The van der Waals surface area contributed by atoms with Crippen molar-refractivity contribution >= 4 is 48.3 Å². The standard InChI is InChI=1S/C24H26F2N4O5.Sn/c1-33-18-12-19(34-2)21(26)23(20(18)25)30-15-17-14-27-13-16(22(17)29(6-9-31)24(30)32)4-3-5-28-7-10-35-11-8-28;/h4,12,14,31H,5-11,15H2,1-2H3;. The minimum absolute atomic E-state index is 0.0270. The number of benzene rings is 1. The summed E-state index contributed by atoms with van der Waals surface area (Å²) in [5.41, 5.74) is 1.62. The van der Waals surface area contributed by atoms with Gasteiger partial charge in [0.25, 0.3) is 0 Å². The molecule has 1 aromatic heterocycles. The SMILES string of the molecule is COc1cc(OC)c(F)c(N2Cc3cn[c]4c(c3N(CCO)C2=O)C=[C](CN2CCOCC2)[Sn]4)c1F. The van der Waals surface area contributed by atoms with E-state index in [4.69, 9.17) is 19.2 Å². The number of anilines is 2. The van der Waals surface area contributed by atoms with Crippen molar-refractivity contribution in [1.82, 2.24) is 9.88 Å². The van der Waals surface area contributed by atoms with Gasteiger partial charge in [0.15, 0.2) is 0 Å². The molecule has 0 atom stereocenters. The van der Waals surface area contributed by atoms with Crippen LogP contribution in [0.1, 0.15) is 11.1 Å². The van der Waals surface area contributed by atoms with Crippen LogP contribution >= 0.6 is 0 Å². The van der Waals surface area contributed by atoms with Crippen LogP contribution in [0.2, 0.25) is 0 Å². The van der Waals surface area contributed by atoms with Gasteiger partial charge in [0.05, 0.1) is 0 Å². The Morgan fingerprint density at radius 2 is 1.83 bits per heavy atom. The van der Waals surface area contributed by atoms with Gasteiger partial charge >= 0.3 is 218 Å². The molecular weight excluding hydrogens is 581 g/mol. The van der Waals surface area contributed by atoms with E-state index in [9.17, 15) is 9.90 Å². The summed E-state index contributed by atoms with van der Waals surface area (Å²) in [6, 6.07) is 0.460. The number of pyridine rings is 1. The summed E-state index contributed by atoms with van der Waals surface area (Å²) in [6.45, 7) is 3.62. The molecule has 2 radical (unpaired) electrons. The predicted octanol–water partition coefficient (Wildman–Crippen LogP) is 1.33. The van der Waals surface area contributed by atoms with Crippen molar-refractivity contribution in [3.8, 4) is 11.5 Å². The van der Waals surface area contributed by atoms with E-state index >= 15 is 8.78 Å². The molecule has 1 aromatic carbocycles. The second-order valence-corrected chi connectivity index (χ2v) is 12.5. The van der Waals surface area contributed by atoms with Gasteiger partial charge in [0.2, 0.25) is 0 Å². The zero-order valence-electron chi connectivity index (χ0n) is 20.0. The first kappa shape index (κ1) is 25.2. The fourth-order valence-electron chi connectivity index (χ4n) is 4.75. The van der Waals surface area contributed by atoms with Crippen LogP contribution in [0, 0.1) is 11.6 Å². The summed E-state index contributed by atoms with van der Waals surface area (Å²) in [5, 5.41) is 9.77. The molecule has 5 rings (SSSR count). The van der Waals surface area contributed by atoms with Crippen molar-refractivity contribution in [2.45, 2.75) is 6.54 Å². The second kappa shape index (κ2) is 10.5. The van der Waals surface area contributed by atoms with Crippen molar-refractivity contribution in [2.75, 3.05) is 70.0 Å². The van der Waals surface area contributed by atoms with E-state index in [2.05, 4.69) is 11.0 Å². The number of fused-ring (bicyclic) bond motifs is 3. The molecule has 1 saturated heterocycles. The molecule has 0 unspecified atom stereocenters. The number of halogens is 2. The number of aliphatic hydroxyl groups excluding tert-OH is 1. The van der Waals surface area contributed by atoms with Crippen LogP contribution in [0.5, 0.6) is 11.5 Å². The summed E-state index contributed by atoms with van der Waals surface area (Å²) < 4.78 is 48.4. The second-order valence-electron chi connectivity index (χ2n) is 8.58. The predicted molar refractivity (Wildman–Crippen MR) is 130 cm³/mol. The Morgan fingerprint density at radius 3 is 2.47 bits per heavy atom. The first-order valence-corrected chi connectivity index (χ1v) is 14.4. The summed E-state index contributed by atoms with van der Waals surface area (Å²) in [4.78, 5) is 23.1. The van der Waals surface area contributed by atoms with Crippen LogP contribution < -0.4 is 23.0 Å². The number of nitrogens with zero attached hydrogens (tertiary/aromatic N) is 4.